The third-order valence-corrected chi connectivity index (χ3v) is 4.96. The van der Waals surface area contributed by atoms with Crippen molar-refractivity contribution in [3.63, 3.8) is 0 Å². The molecule has 0 aliphatic carbocycles. The molecule has 3 aromatic rings. The number of nitrogens with zero attached hydrogens (tertiary/aromatic N) is 2. The van der Waals surface area contributed by atoms with E-state index < -0.39 is 17.8 Å². The van der Waals surface area contributed by atoms with Crippen LogP contribution in [0, 0.1) is 0 Å². The SMILES string of the molecule is C=CCN1C(=O)NC(=O)/C(=C\c2cn(CCOc3ccccc3)c3ccccc23)C1=O. The molecule has 2 aromatic carbocycles. The van der Waals surface area contributed by atoms with E-state index in [1.165, 1.54) is 12.2 Å². The van der Waals surface area contributed by atoms with Crippen LogP contribution >= 0.6 is 0 Å². The fourth-order valence-corrected chi connectivity index (χ4v) is 3.50. The van der Waals surface area contributed by atoms with Crippen molar-refractivity contribution in [2.24, 2.45) is 0 Å². The number of ether oxygens (including phenoxy) is 1. The van der Waals surface area contributed by atoms with E-state index in [1.54, 1.807) is 0 Å². The Morgan fingerprint density at radius 2 is 1.74 bits per heavy atom. The topological polar surface area (TPSA) is 80.6 Å². The minimum absolute atomic E-state index is 0.0217. The first-order valence-electron chi connectivity index (χ1n) is 9.84. The van der Waals surface area contributed by atoms with Gasteiger partial charge in [-0.25, -0.2) is 4.79 Å². The molecule has 4 amide bonds. The Labute approximate surface area is 179 Å². The van der Waals surface area contributed by atoms with Gasteiger partial charge in [-0.05, 0) is 24.3 Å². The van der Waals surface area contributed by atoms with Crippen LogP contribution in [0.3, 0.4) is 0 Å². The van der Waals surface area contributed by atoms with Gasteiger partial charge in [-0.1, -0.05) is 42.5 Å². The minimum atomic E-state index is -0.743. The van der Waals surface area contributed by atoms with Gasteiger partial charge in [0.1, 0.15) is 17.9 Å². The number of barbiturate groups is 1. The van der Waals surface area contributed by atoms with Crippen molar-refractivity contribution in [3.8, 4) is 5.75 Å². The number of para-hydroxylation sites is 2. The van der Waals surface area contributed by atoms with E-state index in [0.29, 0.717) is 18.7 Å². The molecule has 0 unspecified atom stereocenters. The third-order valence-electron chi connectivity index (χ3n) is 4.96. The van der Waals surface area contributed by atoms with Crippen LogP contribution in [-0.2, 0) is 16.1 Å². The third kappa shape index (κ3) is 4.11. The smallest absolute Gasteiger partial charge is 0.331 e. The van der Waals surface area contributed by atoms with E-state index in [1.807, 2.05) is 65.4 Å². The summed E-state index contributed by atoms with van der Waals surface area (Å²) in [6.45, 7) is 4.62. The van der Waals surface area contributed by atoms with Crippen LogP contribution in [0.2, 0.25) is 0 Å². The van der Waals surface area contributed by atoms with Gasteiger partial charge in [0.15, 0.2) is 0 Å². The Bertz CT molecular complexity index is 1190. The van der Waals surface area contributed by atoms with Crippen LogP contribution in [0.1, 0.15) is 5.56 Å². The number of rotatable bonds is 7. The first kappa shape index (κ1) is 20.2. The number of aromatic nitrogens is 1. The van der Waals surface area contributed by atoms with Crippen LogP contribution in [0.5, 0.6) is 5.75 Å². The maximum Gasteiger partial charge on any atom is 0.331 e. The Hall–Kier alpha value is -4.13. The lowest BCUT2D eigenvalue weighted by atomic mass is 10.1. The van der Waals surface area contributed by atoms with Gasteiger partial charge in [0.2, 0.25) is 0 Å². The van der Waals surface area contributed by atoms with Crippen molar-refractivity contribution in [1.29, 1.82) is 0 Å². The predicted molar refractivity (Wildman–Crippen MR) is 117 cm³/mol. The molecular weight excluding hydrogens is 394 g/mol. The summed E-state index contributed by atoms with van der Waals surface area (Å²) in [5, 5.41) is 3.10. The zero-order valence-corrected chi connectivity index (χ0v) is 16.8. The van der Waals surface area contributed by atoms with Gasteiger partial charge < -0.3 is 9.30 Å². The number of imide groups is 2. The van der Waals surface area contributed by atoms with Crippen molar-refractivity contribution in [1.82, 2.24) is 14.8 Å². The number of fused-ring (bicyclic) bond motifs is 1. The molecule has 0 spiro atoms. The van der Waals surface area contributed by atoms with E-state index in [0.717, 1.165) is 21.6 Å². The number of hydrogen-bond donors (Lipinski definition) is 1. The van der Waals surface area contributed by atoms with Gasteiger partial charge in [-0.15, -0.1) is 6.58 Å². The van der Waals surface area contributed by atoms with E-state index in [-0.39, 0.29) is 12.1 Å². The standard InChI is InChI=1S/C24H21N3O4/c1-2-12-27-23(29)20(22(28)25-24(27)30)15-17-16-26(21-11-7-6-10-19(17)21)13-14-31-18-8-4-3-5-9-18/h2-11,15-16H,1,12-14H2,(H,25,28,30)/b20-15+. The number of carbonyl (C=O) groups is 3. The second-order valence-corrected chi connectivity index (χ2v) is 6.98. The second-order valence-electron chi connectivity index (χ2n) is 6.98. The van der Waals surface area contributed by atoms with Crippen LogP contribution < -0.4 is 10.1 Å². The average Bonchev–Trinajstić information content (AvgIpc) is 3.12. The molecule has 1 fully saturated rings. The first-order valence-corrected chi connectivity index (χ1v) is 9.84. The molecule has 7 heteroatoms. The van der Waals surface area contributed by atoms with Crippen molar-refractivity contribution < 1.29 is 19.1 Å². The average molecular weight is 415 g/mol. The molecule has 1 aromatic heterocycles. The summed E-state index contributed by atoms with van der Waals surface area (Å²) in [4.78, 5) is 37.9. The highest BCUT2D eigenvalue weighted by Gasteiger charge is 2.35. The molecule has 7 nitrogen and oxygen atoms in total. The summed E-state index contributed by atoms with van der Waals surface area (Å²) in [6.07, 6.45) is 4.83. The van der Waals surface area contributed by atoms with Gasteiger partial charge in [-0.2, -0.15) is 0 Å². The fraction of sp³-hybridized carbons (Fsp3) is 0.125. The number of carbonyl (C=O) groups excluding carboxylic acids is 3. The first-order chi connectivity index (χ1) is 15.1. The zero-order chi connectivity index (χ0) is 21.8. The summed E-state index contributed by atoms with van der Waals surface area (Å²) < 4.78 is 7.81. The van der Waals surface area contributed by atoms with Gasteiger partial charge in [0.05, 0.1) is 6.54 Å². The quantitative estimate of drug-likeness (QED) is 0.365. The highest BCUT2D eigenvalue weighted by atomic mass is 16.5. The number of urea groups is 1. The van der Waals surface area contributed by atoms with E-state index in [9.17, 15) is 14.4 Å². The normalized spacial score (nSPS) is 15.4. The summed E-state index contributed by atoms with van der Waals surface area (Å²) in [6, 6.07) is 16.5. The fourth-order valence-electron chi connectivity index (χ4n) is 3.50. The molecule has 1 N–H and O–H groups in total. The van der Waals surface area contributed by atoms with Gasteiger partial charge in [0, 0.05) is 29.2 Å². The largest absolute Gasteiger partial charge is 0.492 e. The number of nitrogens with one attached hydrogen (secondary N) is 1. The molecule has 0 atom stereocenters. The Balaban J connectivity index is 1.63. The van der Waals surface area contributed by atoms with Crippen molar-refractivity contribution in [2.75, 3.05) is 13.2 Å². The van der Waals surface area contributed by atoms with Gasteiger partial charge in [-0.3, -0.25) is 19.8 Å². The van der Waals surface area contributed by atoms with E-state index >= 15 is 0 Å². The summed E-state index contributed by atoms with van der Waals surface area (Å²) in [5.74, 6) is -0.560. The van der Waals surface area contributed by atoms with Crippen molar-refractivity contribution >= 4 is 34.8 Å². The van der Waals surface area contributed by atoms with Gasteiger partial charge in [0.25, 0.3) is 11.8 Å². The molecule has 1 aliphatic heterocycles. The predicted octanol–water partition coefficient (Wildman–Crippen LogP) is 3.37. The molecule has 0 saturated carbocycles. The Morgan fingerprint density at radius 1 is 1.00 bits per heavy atom. The van der Waals surface area contributed by atoms with Gasteiger partial charge >= 0.3 is 6.03 Å². The minimum Gasteiger partial charge on any atom is -0.492 e. The lowest BCUT2D eigenvalue weighted by Gasteiger charge is -2.25. The van der Waals surface area contributed by atoms with Crippen LogP contribution in [0.4, 0.5) is 4.79 Å². The molecule has 31 heavy (non-hydrogen) atoms. The molecule has 0 bridgehead atoms. The highest BCUT2D eigenvalue weighted by molar-refractivity contribution is 6.31. The number of benzene rings is 2. The van der Waals surface area contributed by atoms with E-state index in [2.05, 4.69) is 11.9 Å². The molecule has 156 valence electrons. The molecule has 0 radical (unpaired) electrons. The molecule has 4 rings (SSSR count). The number of amides is 4. The Kier molecular flexibility index (Phi) is 5.66. The van der Waals surface area contributed by atoms with Crippen LogP contribution in [0.25, 0.3) is 17.0 Å². The molecular formula is C24H21N3O4. The summed E-state index contributed by atoms with van der Waals surface area (Å²) in [5.41, 5.74) is 1.57. The van der Waals surface area contributed by atoms with Crippen molar-refractivity contribution in [3.05, 3.63) is 84.6 Å². The molecule has 1 aliphatic rings. The maximum absolute atomic E-state index is 12.7. The van der Waals surface area contributed by atoms with E-state index in [4.69, 9.17) is 4.74 Å². The lowest BCUT2D eigenvalue weighted by Crippen LogP contribution is -2.54. The second kappa shape index (κ2) is 8.71. The lowest BCUT2D eigenvalue weighted by molar-refractivity contribution is -0.129. The van der Waals surface area contributed by atoms with Crippen LogP contribution in [0.15, 0.2) is 79.0 Å². The monoisotopic (exact) mass is 415 g/mol. The van der Waals surface area contributed by atoms with Crippen molar-refractivity contribution in [2.45, 2.75) is 6.54 Å². The van der Waals surface area contributed by atoms with Crippen LogP contribution in [-0.4, -0.2) is 40.5 Å². The number of hydrogen-bond acceptors (Lipinski definition) is 4. The Morgan fingerprint density at radius 3 is 2.52 bits per heavy atom. The molecule has 2 heterocycles. The maximum atomic E-state index is 12.7. The summed E-state index contributed by atoms with van der Waals surface area (Å²) >= 11 is 0. The zero-order valence-electron chi connectivity index (χ0n) is 16.8. The molecule has 1 saturated heterocycles. The highest BCUT2D eigenvalue weighted by Crippen LogP contribution is 2.25. The summed E-state index contributed by atoms with van der Waals surface area (Å²) in [7, 11) is 0.